The Bertz CT molecular complexity index is 574. The first kappa shape index (κ1) is 13.8. The van der Waals surface area contributed by atoms with Crippen molar-refractivity contribution in [3.63, 3.8) is 0 Å². The van der Waals surface area contributed by atoms with Crippen molar-refractivity contribution in [1.82, 2.24) is 10.3 Å². The van der Waals surface area contributed by atoms with Crippen LogP contribution in [0.1, 0.15) is 22.0 Å². The second-order valence-electron chi connectivity index (χ2n) is 3.89. The number of pyridine rings is 1. The molecule has 1 amide bonds. The molecule has 0 aliphatic carbocycles. The van der Waals surface area contributed by atoms with E-state index in [1.54, 1.807) is 6.07 Å². The number of hydrogen-bond acceptors (Lipinski definition) is 5. The van der Waals surface area contributed by atoms with Crippen LogP contribution < -0.4 is 11.1 Å². The number of amides is 1. The molecule has 2 rings (SSSR count). The zero-order valence-corrected chi connectivity index (χ0v) is 11.4. The molecular formula is C12H12ClN3O2S. The Morgan fingerprint density at radius 2 is 2.42 bits per heavy atom. The van der Waals surface area contributed by atoms with Gasteiger partial charge in [-0.25, -0.2) is 4.98 Å². The molecule has 0 bridgehead atoms. The SMILES string of the molecule is Nc1cnc(Cl)c(C(=O)NCC(O)c2ccsc2)c1. The van der Waals surface area contributed by atoms with Gasteiger partial charge in [0.25, 0.3) is 5.91 Å². The number of nitrogens with one attached hydrogen (secondary N) is 1. The van der Waals surface area contributed by atoms with Gasteiger partial charge in [-0.3, -0.25) is 4.79 Å². The molecule has 1 atom stereocenters. The first-order valence-electron chi connectivity index (χ1n) is 5.47. The number of nitrogens with zero attached hydrogens (tertiary/aromatic N) is 1. The third kappa shape index (κ3) is 3.44. The molecule has 4 N–H and O–H groups in total. The van der Waals surface area contributed by atoms with Gasteiger partial charge in [0.1, 0.15) is 5.15 Å². The number of halogens is 1. The van der Waals surface area contributed by atoms with E-state index in [1.807, 2.05) is 10.8 Å². The summed E-state index contributed by atoms with van der Waals surface area (Å²) >= 11 is 7.30. The van der Waals surface area contributed by atoms with Crippen LogP contribution in [-0.4, -0.2) is 22.5 Å². The third-order valence-electron chi connectivity index (χ3n) is 2.49. The van der Waals surface area contributed by atoms with E-state index in [0.29, 0.717) is 5.69 Å². The smallest absolute Gasteiger partial charge is 0.254 e. The summed E-state index contributed by atoms with van der Waals surface area (Å²) in [6, 6.07) is 3.25. The number of aromatic nitrogens is 1. The molecule has 0 radical (unpaired) electrons. The summed E-state index contributed by atoms with van der Waals surface area (Å²) in [5.41, 5.74) is 6.86. The number of aliphatic hydroxyl groups excluding tert-OH is 1. The van der Waals surface area contributed by atoms with Crippen LogP contribution in [0.15, 0.2) is 29.1 Å². The van der Waals surface area contributed by atoms with Crippen molar-refractivity contribution in [1.29, 1.82) is 0 Å². The number of nitrogens with two attached hydrogens (primary N) is 1. The van der Waals surface area contributed by atoms with Crippen LogP contribution >= 0.6 is 22.9 Å². The van der Waals surface area contributed by atoms with Crippen molar-refractivity contribution < 1.29 is 9.90 Å². The minimum Gasteiger partial charge on any atom is -0.397 e. The van der Waals surface area contributed by atoms with Gasteiger partial charge < -0.3 is 16.2 Å². The van der Waals surface area contributed by atoms with Crippen molar-refractivity contribution >= 4 is 34.5 Å². The maximum absolute atomic E-state index is 11.9. The van der Waals surface area contributed by atoms with Gasteiger partial charge in [-0.15, -0.1) is 0 Å². The Labute approximate surface area is 119 Å². The van der Waals surface area contributed by atoms with Crippen LogP contribution in [0.3, 0.4) is 0 Å². The molecule has 0 aromatic carbocycles. The van der Waals surface area contributed by atoms with Crippen LogP contribution in [0.25, 0.3) is 0 Å². The quantitative estimate of drug-likeness (QED) is 0.751. The monoisotopic (exact) mass is 297 g/mol. The number of carbonyl (C=O) groups is 1. The highest BCUT2D eigenvalue weighted by Gasteiger charge is 2.14. The van der Waals surface area contributed by atoms with Gasteiger partial charge in [0.05, 0.1) is 23.6 Å². The van der Waals surface area contributed by atoms with Gasteiger partial charge in [-0.1, -0.05) is 11.6 Å². The highest BCUT2D eigenvalue weighted by atomic mass is 35.5. The molecular weight excluding hydrogens is 286 g/mol. The fraction of sp³-hybridized carbons (Fsp3) is 0.167. The Morgan fingerprint density at radius 3 is 3.11 bits per heavy atom. The van der Waals surface area contributed by atoms with E-state index < -0.39 is 12.0 Å². The van der Waals surface area contributed by atoms with Gasteiger partial charge in [-0.05, 0) is 28.5 Å². The molecule has 0 aliphatic rings. The minimum atomic E-state index is -0.747. The van der Waals surface area contributed by atoms with Gasteiger partial charge in [0.2, 0.25) is 0 Å². The van der Waals surface area contributed by atoms with Crippen molar-refractivity contribution in [2.24, 2.45) is 0 Å². The first-order chi connectivity index (χ1) is 9.08. The lowest BCUT2D eigenvalue weighted by Crippen LogP contribution is -2.28. The molecule has 7 heteroatoms. The molecule has 2 aromatic rings. The first-order valence-corrected chi connectivity index (χ1v) is 6.79. The van der Waals surface area contributed by atoms with Crippen molar-refractivity contribution in [3.8, 4) is 0 Å². The highest BCUT2D eigenvalue weighted by Crippen LogP contribution is 2.17. The Balaban J connectivity index is 2.00. The van der Waals surface area contributed by atoms with Gasteiger partial charge >= 0.3 is 0 Å². The third-order valence-corrected chi connectivity index (χ3v) is 3.49. The zero-order chi connectivity index (χ0) is 13.8. The van der Waals surface area contributed by atoms with Crippen LogP contribution in [-0.2, 0) is 0 Å². The van der Waals surface area contributed by atoms with E-state index in [4.69, 9.17) is 17.3 Å². The molecule has 19 heavy (non-hydrogen) atoms. The van der Waals surface area contributed by atoms with E-state index in [2.05, 4.69) is 10.3 Å². The average Bonchev–Trinajstić information content (AvgIpc) is 2.92. The van der Waals surface area contributed by atoms with Gasteiger partial charge in [0, 0.05) is 6.54 Å². The molecule has 5 nitrogen and oxygen atoms in total. The summed E-state index contributed by atoms with van der Waals surface area (Å²) < 4.78 is 0. The zero-order valence-electron chi connectivity index (χ0n) is 9.84. The number of rotatable bonds is 4. The summed E-state index contributed by atoms with van der Waals surface area (Å²) in [4.78, 5) is 15.7. The molecule has 0 aliphatic heterocycles. The van der Waals surface area contributed by atoms with Crippen molar-refractivity contribution in [2.45, 2.75) is 6.10 Å². The standard InChI is InChI=1S/C12H12ClN3O2S/c13-11-9(3-8(14)4-15-11)12(18)16-5-10(17)7-1-2-19-6-7/h1-4,6,10,17H,5,14H2,(H,16,18). The highest BCUT2D eigenvalue weighted by molar-refractivity contribution is 7.07. The lowest BCUT2D eigenvalue weighted by Gasteiger charge is -2.11. The predicted molar refractivity (Wildman–Crippen MR) is 75.3 cm³/mol. The van der Waals surface area contributed by atoms with E-state index in [-0.39, 0.29) is 17.3 Å². The van der Waals surface area contributed by atoms with Gasteiger partial charge in [0.15, 0.2) is 0 Å². The molecule has 100 valence electrons. The summed E-state index contributed by atoms with van der Waals surface area (Å²) in [6.45, 7) is 0.0979. The minimum absolute atomic E-state index is 0.0803. The Hall–Kier alpha value is -1.63. The lowest BCUT2D eigenvalue weighted by atomic mass is 10.2. The summed E-state index contributed by atoms with van der Waals surface area (Å²) in [7, 11) is 0. The fourth-order valence-electron chi connectivity index (χ4n) is 1.49. The molecule has 1 unspecified atom stereocenters. The summed E-state index contributed by atoms with van der Waals surface area (Å²) in [5, 5.41) is 16.2. The summed E-state index contributed by atoms with van der Waals surface area (Å²) in [5.74, 6) is -0.418. The molecule has 0 saturated heterocycles. The molecule has 2 aromatic heterocycles. The van der Waals surface area contributed by atoms with Crippen LogP contribution in [0.2, 0.25) is 5.15 Å². The Kier molecular flexibility index (Phi) is 4.36. The molecule has 0 fully saturated rings. The normalized spacial score (nSPS) is 12.1. The van der Waals surface area contributed by atoms with Crippen LogP contribution in [0.5, 0.6) is 0 Å². The largest absolute Gasteiger partial charge is 0.397 e. The van der Waals surface area contributed by atoms with E-state index in [9.17, 15) is 9.90 Å². The molecule has 0 spiro atoms. The summed E-state index contributed by atoms with van der Waals surface area (Å²) in [6.07, 6.45) is 0.627. The topological polar surface area (TPSA) is 88.2 Å². The Morgan fingerprint density at radius 1 is 1.63 bits per heavy atom. The maximum Gasteiger partial charge on any atom is 0.254 e. The predicted octanol–water partition coefficient (Wildman–Crippen LogP) is 1.84. The number of hydrogen-bond donors (Lipinski definition) is 3. The van der Waals surface area contributed by atoms with E-state index >= 15 is 0 Å². The lowest BCUT2D eigenvalue weighted by molar-refractivity contribution is 0.0916. The maximum atomic E-state index is 11.9. The number of anilines is 1. The average molecular weight is 298 g/mol. The van der Waals surface area contributed by atoms with Crippen LogP contribution in [0.4, 0.5) is 5.69 Å². The number of carbonyl (C=O) groups excluding carboxylic acids is 1. The fourth-order valence-corrected chi connectivity index (χ4v) is 2.39. The van der Waals surface area contributed by atoms with Gasteiger partial charge in [-0.2, -0.15) is 11.3 Å². The van der Waals surface area contributed by atoms with E-state index in [0.717, 1.165) is 5.56 Å². The van der Waals surface area contributed by atoms with Crippen LogP contribution in [0, 0.1) is 0 Å². The van der Waals surface area contributed by atoms with Crippen molar-refractivity contribution in [2.75, 3.05) is 12.3 Å². The number of aliphatic hydroxyl groups is 1. The molecule has 2 heterocycles. The van der Waals surface area contributed by atoms with Crippen molar-refractivity contribution in [3.05, 3.63) is 45.4 Å². The second kappa shape index (κ2) is 6.01. The number of thiophene rings is 1. The second-order valence-corrected chi connectivity index (χ2v) is 5.03. The molecule has 0 saturated carbocycles. The van der Waals surface area contributed by atoms with E-state index in [1.165, 1.54) is 23.6 Å². The number of nitrogen functional groups attached to an aromatic ring is 1.